The molecule has 1 amide bonds. The first-order valence-corrected chi connectivity index (χ1v) is 7.68. The highest BCUT2D eigenvalue weighted by Crippen LogP contribution is 2.23. The van der Waals surface area contributed by atoms with E-state index < -0.39 is 21.3 Å². The Labute approximate surface area is 111 Å². The lowest BCUT2D eigenvalue weighted by atomic mass is 10.0. The molecule has 7 nitrogen and oxygen atoms in total. The first kappa shape index (κ1) is 13.7. The Hall–Kier alpha value is -1.70. The van der Waals surface area contributed by atoms with Crippen molar-refractivity contribution in [2.75, 3.05) is 23.9 Å². The van der Waals surface area contributed by atoms with Crippen LogP contribution in [0.25, 0.3) is 0 Å². The molecule has 1 saturated heterocycles. The fourth-order valence-corrected chi connectivity index (χ4v) is 4.14. The average molecular weight is 284 g/mol. The first-order valence-electron chi connectivity index (χ1n) is 5.86. The topological polar surface area (TPSA) is 101 Å². The minimum Gasteiger partial charge on any atom is -0.372 e. The number of sulfone groups is 1. The number of carbonyl (C=O) groups excluding carboxylic acids is 1. The van der Waals surface area contributed by atoms with Gasteiger partial charge in [-0.3, -0.25) is 9.78 Å². The van der Waals surface area contributed by atoms with Gasteiger partial charge in [-0.05, 0) is 13.3 Å². The van der Waals surface area contributed by atoms with E-state index in [0.29, 0.717) is 12.2 Å². The zero-order chi connectivity index (χ0) is 14.1. The molecule has 104 valence electrons. The van der Waals surface area contributed by atoms with Gasteiger partial charge in [-0.1, -0.05) is 0 Å². The Bertz CT molecular complexity index is 602. The van der Waals surface area contributed by atoms with Gasteiger partial charge in [-0.15, -0.1) is 0 Å². The second-order valence-corrected chi connectivity index (χ2v) is 7.08. The monoisotopic (exact) mass is 284 g/mol. The van der Waals surface area contributed by atoms with Crippen LogP contribution in [0.15, 0.2) is 12.4 Å². The summed E-state index contributed by atoms with van der Waals surface area (Å²) in [5.41, 5.74) is -0.565. The van der Waals surface area contributed by atoms with Gasteiger partial charge in [-0.25, -0.2) is 13.4 Å². The van der Waals surface area contributed by atoms with Gasteiger partial charge in [-0.2, -0.15) is 0 Å². The summed E-state index contributed by atoms with van der Waals surface area (Å²) >= 11 is 0. The van der Waals surface area contributed by atoms with E-state index in [1.807, 2.05) is 0 Å². The Morgan fingerprint density at radius 2 is 2.16 bits per heavy atom. The van der Waals surface area contributed by atoms with Crippen molar-refractivity contribution < 1.29 is 13.2 Å². The quantitative estimate of drug-likeness (QED) is 0.799. The number of aromatic nitrogens is 2. The molecule has 2 rings (SSSR count). The number of hydrogen-bond donors (Lipinski definition) is 2. The molecule has 2 N–H and O–H groups in total. The zero-order valence-electron chi connectivity index (χ0n) is 10.8. The van der Waals surface area contributed by atoms with Crippen molar-refractivity contribution in [2.45, 2.75) is 18.9 Å². The normalized spacial score (nSPS) is 24.9. The molecule has 1 fully saturated rings. The zero-order valence-corrected chi connectivity index (χ0v) is 11.6. The van der Waals surface area contributed by atoms with Crippen molar-refractivity contribution in [3.05, 3.63) is 18.1 Å². The molecule has 1 unspecified atom stereocenters. The smallest absolute Gasteiger partial charge is 0.272 e. The third-order valence-electron chi connectivity index (χ3n) is 3.04. The molecule has 19 heavy (non-hydrogen) atoms. The summed E-state index contributed by atoms with van der Waals surface area (Å²) in [4.78, 5) is 20.0. The van der Waals surface area contributed by atoms with Gasteiger partial charge in [0.2, 0.25) is 0 Å². The molecule has 0 aliphatic carbocycles. The third-order valence-corrected chi connectivity index (χ3v) is 4.95. The first-order chi connectivity index (χ1) is 8.84. The van der Waals surface area contributed by atoms with Crippen LogP contribution in [0.2, 0.25) is 0 Å². The molecular formula is C11H16N4O3S. The molecule has 1 aromatic heterocycles. The van der Waals surface area contributed by atoms with Crippen LogP contribution < -0.4 is 10.6 Å². The summed E-state index contributed by atoms with van der Waals surface area (Å²) < 4.78 is 23.0. The van der Waals surface area contributed by atoms with Crippen molar-refractivity contribution in [1.82, 2.24) is 15.3 Å². The molecule has 1 aliphatic heterocycles. The Morgan fingerprint density at radius 3 is 2.74 bits per heavy atom. The van der Waals surface area contributed by atoms with Gasteiger partial charge in [0, 0.05) is 7.05 Å². The number of nitrogens with zero attached hydrogens (tertiary/aromatic N) is 2. The van der Waals surface area contributed by atoms with Crippen molar-refractivity contribution in [2.24, 2.45) is 0 Å². The summed E-state index contributed by atoms with van der Waals surface area (Å²) in [6, 6.07) is 0. The van der Waals surface area contributed by atoms with Crippen LogP contribution >= 0.6 is 0 Å². The lowest BCUT2D eigenvalue weighted by molar-refractivity contribution is 0.0910. The molecule has 0 radical (unpaired) electrons. The Kier molecular flexibility index (Phi) is 3.44. The van der Waals surface area contributed by atoms with E-state index in [0.717, 1.165) is 0 Å². The molecule has 0 aromatic carbocycles. The number of nitrogens with one attached hydrogen (secondary N) is 2. The summed E-state index contributed by atoms with van der Waals surface area (Å²) in [5.74, 6) is 0.137. The van der Waals surface area contributed by atoms with Crippen LogP contribution in [0, 0.1) is 0 Å². The summed E-state index contributed by atoms with van der Waals surface area (Å²) in [7, 11) is -1.38. The molecule has 1 atom stereocenters. The van der Waals surface area contributed by atoms with Crippen LogP contribution in [0.4, 0.5) is 5.82 Å². The number of rotatable bonds is 3. The second-order valence-electron chi connectivity index (χ2n) is 4.90. The van der Waals surface area contributed by atoms with E-state index in [9.17, 15) is 13.2 Å². The van der Waals surface area contributed by atoms with Crippen molar-refractivity contribution in [1.29, 1.82) is 0 Å². The van der Waals surface area contributed by atoms with Crippen LogP contribution in [0.3, 0.4) is 0 Å². The highest BCUT2D eigenvalue weighted by Gasteiger charge is 2.39. The van der Waals surface area contributed by atoms with E-state index in [2.05, 4.69) is 20.6 Å². The van der Waals surface area contributed by atoms with E-state index >= 15 is 0 Å². The second kappa shape index (κ2) is 4.76. The Morgan fingerprint density at radius 1 is 1.42 bits per heavy atom. The van der Waals surface area contributed by atoms with Crippen LogP contribution in [-0.4, -0.2) is 48.4 Å². The maximum absolute atomic E-state index is 12.0. The van der Waals surface area contributed by atoms with E-state index in [-0.39, 0.29) is 17.2 Å². The van der Waals surface area contributed by atoms with E-state index in [4.69, 9.17) is 0 Å². The fourth-order valence-electron chi connectivity index (χ4n) is 2.04. The Balaban J connectivity index is 2.13. The molecule has 0 saturated carbocycles. The van der Waals surface area contributed by atoms with Gasteiger partial charge in [0.15, 0.2) is 9.84 Å². The largest absolute Gasteiger partial charge is 0.372 e. The number of hydrogen-bond acceptors (Lipinski definition) is 6. The molecule has 1 aromatic rings. The molecule has 1 aliphatic rings. The van der Waals surface area contributed by atoms with Gasteiger partial charge >= 0.3 is 0 Å². The predicted molar refractivity (Wildman–Crippen MR) is 70.7 cm³/mol. The summed E-state index contributed by atoms with van der Waals surface area (Å²) in [6.07, 6.45) is 3.27. The highest BCUT2D eigenvalue weighted by atomic mass is 32.2. The molecule has 0 spiro atoms. The maximum Gasteiger partial charge on any atom is 0.272 e. The van der Waals surface area contributed by atoms with Gasteiger partial charge in [0.1, 0.15) is 11.5 Å². The lowest BCUT2D eigenvalue weighted by Crippen LogP contribution is -2.47. The highest BCUT2D eigenvalue weighted by molar-refractivity contribution is 7.91. The SMILES string of the molecule is CNc1cncc(C(=O)NC2(C)CCS(=O)(=O)C2)n1. The van der Waals surface area contributed by atoms with Crippen LogP contribution in [0.5, 0.6) is 0 Å². The number of amides is 1. The third kappa shape index (κ3) is 3.19. The molecule has 8 heteroatoms. The van der Waals surface area contributed by atoms with Crippen LogP contribution in [0.1, 0.15) is 23.8 Å². The molecule has 0 bridgehead atoms. The lowest BCUT2D eigenvalue weighted by Gasteiger charge is -2.23. The van der Waals surface area contributed by atoms with Gasteiger partial charge < -0.3 is 10.6 Å². The van der Waals surface area contributed by atoms with E-state index in [1.54, 1.807) is 14.0 Å². The van der Waals surface area contributed by atoms with Crippen molar-refractivity contribution >= 4 is 21.6 Å². The minimum atomic E-state index is -3.06. The predicted octanol–water partition coefficient (Wildman–Crippen LogP) is -0.175. The van der Waals surface area contributed by atoms with Crippen molar-refractivity contribution in [3.8, 4) is 0 Å². The van der Waals surface area contributed by atoms with Gasteiger partial charge in [0.25, 0.3) is 5.91 Å². The van der Waals surface area contributed by atoms with Crippen molar-refractivity contribution in [3.63, 3.8) is 0 Å². The van der Waals surface area contributed by atoms with E-state index in [1.165, 1.54) is 12.4 Å². The standard InChI is InChI=1S/C11H16N4O3S/c1-11(3-4-19(17,18)7-11)15-10(16)8-5-13-6-9(12-2)14-8/h5-6H,3-4,7H2,1-2H3,(H,12,14)(H,15,16). The van der Waals surface area contributed by atoms with Crippen LogP contribution in [-0.2, 0) is 9.84 Å². The maximum atomic E-state index is 12.0. The fraction of sp³-hybridized carbons (Fsp3) is 0.545. The number of anilines is 1. The summed E-state index contributed by atoms with van der Waals surface area (Å²) in [6.45, 7) is 1.73. The van der Waals surface area contributed by atoms with Gasteiger partial charge in [0.05, 0.1) is 29.4 Å². The molecular weight excluding hydrogens is 268 g/mol. The average Bonchev–Trinajstić information content (AvgIpc) is 2.63. The molecule has 2 heterocycles. The number of carbonyl (C=O) groups is 1. The minimum absolute atomic E-state index is 0.0368. The summed E-state index contributed by atoms with van der Waals surface area (Å²) in [5, 5.41) is 5.52.